The Kier molecular flexibility index (Phi) is 3.91. The largest absolute Gasteiger partial charge is 0.493 e. The number of nitrogens with zero attached hydrogens (tertiary/aromatic N) is 3. The number of rotatable bonds is 5. The van der Waals surface area contributed by atoms with Crippen LogP contribution in [0.15, 0.2) is 35.5 Å². The number of aryl methyl sites for hydroxylation is 3. The molecule has 1 aromatic carbocycles. The number of imidazole rings is 1. The van der Waals surface area contributed by atoms with Crippen molar-refractivity contribution >= 4 is 11.0 Å². The van der Waals surface area contributed by atoms with Crippen LogP contribution in [0.3, 0.4) is 0 Å². The number of H-pyrrole nitrogens is 1. The molecule has 2 heterocycles. The van der Waals surface area contributed by atoms with Gasteiger partial charge in [-0.15, -0.1) is 0 Å². The van der Waals surface area contributed by atoms with Crippen molar-refractivity contribution in [3.8, 4) is 5.75 Å². The molecule has 3 rings (SSSR count). The molecule has 0 aliphatic carbocycles. The maximum Gasteiger partial charge on any atom is 0.294 e. The Hall–Kier alpha value is -2.63. The second-order valence-corrected chi connectivity index (χ2v) is 5.26. The van der Waals surface area contributed by atoms with E-state index in [0.29, 0.717) is 30.6 Å². The Morgan fingerprint density at radius 1 is 1.27 bits per heavy atom. The van der Waals surface area contributed by atoms with Crippen molar-refractivity contribution in [1.82, 2.24) is 19.7 Å². The van der Waals surface area contributed by atoms with Crippen molar-refractivity contribution in [1.29, 1.82) is 0 Å². The van der Waals surface area contributed by atoms with E-state index in [2.05, 4.69) is 15.1 Å². The van der Waals surface area contributed by atoms with Gasteiger partial charge in [0.1, 0.15) is 5.75 Å². The molecule has 6 nitrogen and oxygen atoms in total. The number of para-hydroxylation sites is 1. The van der Waals surface area contributed by atoms with Gasteiger partial charge < -0.3 is 9.72 Å². The molecule has 0 amide bonds. The van der Waals surface area contributed by atoms with E-state index in [1.807, 2.05) is 32.0 Å². The lowest BCUT2D eigenvalue weighted by atomic mass is 10.1. The first kappa shape index (κ1) is 14.3. The van der Waals surface area contributed by atoms with E-state index in [-0.39, 0.29) is 5.56 Å². The van der Waals surface area contributed by atoms with E-state index < -0.39 is 0 Å². The highest BCUT2D eigenvalue weighted by atomic mass is 16.5. The Morgan fingerprint density at radius 3 is 2.82 bits per heavy atom. The van der Waals surface area contributed by atoms with Gasteiger partial charge in [0.2, 0.25) is 0 Å². The first-order chi connectivity index (χ1) is 10.7. The number of nitrogens with one attached hydrogen (secondary N) is 1. The van der Waals surface area contributed by atoms with Crippen LogP contribution in [0.5, 0.6) is 5.75 Å². The number of hydrogen-bond donors (Lipinski definition) is 1. The van der Waals surface area contributed by atoms with Gasteiger partial charge >= 0.3 is 0 Å². The summed E-state index contributed by atoms with van der Waals surface area (Å²) in [6.07, 6.45) is 3.83. The van der Waals surface area contributed by atoms with Gasteiger partial charge in [0.15, 0.2) is 5.52 Å². The van der Waals surface area contributed by atoms with Crippen molar-refractivity contribution in [2.45, 2.75) is 26.8 Å². The number of fused-ring (bicyclic) bond motifs is 1. The molecule has 6 heteroatoms. The van der Waals surface area contributed by atoms with Crippen LogP contribution in [0, 0.1) is 13.8 Å². The SMILES string of the molecule is Cc1cccc(C)c1OCCCn1ncc2[nH]cnc2c1=O. The predicted molar refractivity (Wildman–Crippen MR) is 84.2 cm³/mol. The first-order valence-electron chi connectivity index (χ1n) is 7.25. The molecule has 0 aliphatic rings. The summed E-state index contributed by atoms with van der Waals surface area (Å²) >= 11 is 0. The summed E-state index contributed by atoms with van der Waals surface area (Å²) in [5.74, 6) is 0.922. The molecule has 22 heavy (non-hydrogen) atoms. The average molecular weight is 298 g/mol. The Morgan fingerprint density at radius 2 is 2.05 bits per heavy atom. The summed E-state index contributed by atoms with van der Waals surface area (Å²) in [4.78, 5) is 19.0. The first-order valence-corrected chi connectivity index (χ1v) is 7.25. The lowest BCUT2D eigenvalue weighted by Gasteiger charge is -2.12. The third-order valence-corrected chi connectivity index (χ3v) is 3.60. The number of ether oxygens (including phenoxy) is 1. The van der Waals surface area contributed by atoms with Gasteiger partial charge in [-0.25, -0.2) is 9.67 Å². The summed E-state index contributed by atoms with van der Waals surface area (Å²) in [7, 11) is 0. The molecule has 114 valence electrons. The van der Waals surface area contributed by atoms with E-state index in [1.54, 1.807) is 6.20 Å². The van der Waals surface area contributed by atoms with Gasteiger partial charge in [-0.2, -0.15) is 5.10 Å². The Balaban J connectivity index is 1.63. The van der Waals surface area contributed by atoms with Gasteiger partial charge in [-0.1, -0.05) is 18.2 Å². The van der Waals surface area contributed by atoms with E-state index in [4.69, 9.17) is 4.74 Å². The normalized spacial score (nSPS) is 11.0. The molecular formula is C16H18N4O2. The number of aromatic nitrogens is 4. The van der Waals surface area contributed by atoms with Gasteiger partial charge in [-0.05, 0) is 25.0 Å². The van der Waals surface area contributed by atoms with Crippen molar-refractivity contribution in [2.75, 3.05) is 6.61 Å². The highest BCUT2D eigenvalue weighted by molar-refractivity contribution is 5.71. The molecule has 1 N–H and O–H groups in total. The van der Waals surface area contributed by atoms with Gasteiger partial charge in [0.25, 0.3) is 5.56 Å². The molecule has 0 saturated heterocycles. The summed E-state index contributed by atoms with van der Waals surface area (Å²) in [5, 5.41) is 4.14. The summed E-state index contributed by atoms with van der Waals surface area (Å²) in [6.45, 7) is 5.10. The number of hydrogen-bond acceptors (Lipinski definition) is 4. The fourth-order valence-corrected chi connectivity index (χ4v) is 2.45. The zero-order chi connectivity index (χ0) is 15.5. The zero-order valence-corrected chi connectivity index (χ0v) is 12.7. The maximum absolute atomic E-state index is 12.1. The molecule has 0 atom stereocenters. The number of benzene rings is 1. The van der Waals surface area contributed by atoms with Gasteiger partial charge in [0.05, 0.1) is 24.6 Å². The Bertz CT molecular complexity index is 830. The third-order valence-electron chi connectivity index (χ3n) is 3.60. The minimum atomic E-state index is -0.175. The topological polar surface area (TPSA) is 72.8 Å². The molecule has 0 radical (unpaired) electrons. The lowest BCUT2D eigenvalue weighted by Crippen LogP contribution is -2.23. The third kappa shape index (κ3) is 2.72. The van der Waals surface area contributed by atoms with Gasteiger partial charge in [-0.3, -0.25) is 4.79 Å². The van der Waals surface area contributed by atoms with Crippen LogP contribution in [0.1, 0.15) is 17.5 Å². The second kappa shape index (κ2) is 6.01. The van der Waals surface area contributed by atoms with E-state index in [1.165, 1.54) is 11.0 Å². The molecule has 2 aromatic heterocycles. The maximum atomic E-state index is 12.1. The predicted octanol–water partition coefficient (Wildman–Crippen LogP) is 2.21. The fourth-order valence-electron chi connectivity index (χ4n) is 2.45. The van der Waals surface area contributed by atoms with E-state index in [0.717, 1.165) is 16.9 Å². The van der Waals surface area contributed by atoms with Gasteiger partial charge in [0, 0.05) is 13.0 Å². The molecule has 0 spiro atoms. The van der Waals surface area contributed by atoms with Crippen LogP contribution >= 0.6 is 0 Å². The zero-order valence-electron chi connectivity index (χ0n) is 12.7. The minimum absolute atomic E-state index is 0.175. The molecular weight excluding hydrogens is 280 g/mol. The highest BCUT2D eigenvalue weighted by Gasteiger charge is 2.07. The number of aromatic amines is 1. The minimum Gasteiger partial charge on any atom is -0.493 e. The highest BCUT2D eigenvalue weighted by Crippen LogP contribution is 2.22. The van der Waals surface area contributed by atoms with Crippen molar-refractivity contribution in [3.63, 3.8) is 0 Å². The lowest BCUT2D eigenvalue weighted by molar-refractivity contribution is 0.293. The average Bonchev–Trinajstić information content (AvgIpc) is 2.97. The van der Waals surface area contributed by atoms with E-state index >= 15 is 0 Å². The van der Waals surface area contributed by atoms with Crippen molar-refractivity contribution in [2.24, 2.45) is 0 Å². The quantitative estimate of drug-likeness (QED) is 0.733. The van der Waals surface area contributed by atoms with Crippen LogP contribution in [0.4, 0.5) is 0 Å². The molecule has 3 aromatic rings. The molecule has 0 unspecified atom stereocenters. The molecule has 0 saturated carbocycles. The summed E-state index contributed by atoms with van der Waals surface area (Å²) < 4.78 is 7.26. The standard InChI is InChI=1S/C16H18N4O2/c1-11-5-3-6-12(2)15(11)22-8-4-7-20-16(21)14-13(9-19-20)17-10-18-14/h3,5-6,9-10H,4,7-8H2,1-2H3,(H,17,18). The van der Waals surface area contributed by atoms with Crippen LogP contribution < -0.4 is 10.3 Å². The molecule has 0 aliphatic heterocycles. The van der Waals surface area contributed by atoms with Crippen molar-refractivity contribution < 1.29 is 4.74 Å². The van der Waals surface area contributed by atoms with Crippen LogP contribution in [-0.4, -0.2) is 26.4 Å². The molecule has 0 bridgehead atoms. The van der Waals surface area contributed by atoms with Crippen LogP contribution in [-0.2, 0) is 6.54 Å². The van der Waals surface area contributed by atoms with Crippen molar-refractivity contribution in [3.05, 3.63) is 52.2 Å². The fraction of sp³-hybridized carbons (Fsp3) is 0.312. The smallest absolute Gasteiger partial charge is 0.294 e. The molecule has 0 fully saturated rings. The van der Waals surface area contributed by atoms with E-state index in [9.17, 15) is 4.79 Å². The second-order valence-electron chi connectivity index (χ2n) is 5.26. The Labute approximate surface area is 127 Å². The summed E-state index contributed by atoms with van der Waals surface area (Å²) in [5.41, 5.74) is 3.14. The van der Waals surface area contributed by atoms with Crippen LogP contribution in [0.2, 0.25) is 0 Å². The monoisotopic (exact) mass is 298 g/mol. The summed E-state index contributed by atoms with van der Waals surface area (Å²) in [6, 6.07) is 6.07. The van der Waals surface area contributed by atoms with Crippen LogP contribution in [0.25, 0.3) is 11.0 Å².